The van der Waals surface area contributed by atoms with Crippen LogP contribution in [0.3, 0.4) is 0 Å². The van der Waals surface area contributed by atoms with Crippen LogP contribution >= 0.6 is 15.9 Å². The Kier molecular flexibility index (Phi) is 6.73. The van der Waals surface area contributed by atoms with E-state index in [0.29, 0.717) is 22.4 Å². The number of anilines is 1. The van der Waals surface area contributed by atoms with Crippen LogP contribution in [-0.2, 0) is 14.3 Å². The maximum absolute atomic E-state index is 12.3. The van der Waals surface area contributed by atoms with Gasteiger partial charge in [-0.05, 0) is 42.8 Å². The van der Waals surface area contributed by atoms with Crippen LogP contribution in [-0.4, -0.2) is 43.0 Å². The first-order valence-electron chi connectivity index (χ1n) is 9.02. The number of ether oxygens (including phenoxy) is 2. The van der Waals surface area contributed by atoms with E-state index in [-0.39, 0.29) is 6.54 Å². The van der Waals surface area contributed by atoms with Gasteiger partial charge < -0.3 is 25.1 Å². The molecule has 0 atom stereocenters. The number of nitrogens with one attached hydrogen (secondary N) is 3. The SMILES string of the molecule is COc1ccc(C)cc1NC(=O)CNC(=O)COC(=O)c1c[nH]c2ccc(Br)cc12. The van der Waals surface area contributed by atoms with Gasteiger partial charge in [-0.3, -0.25) is 9.59 Å². The fourth-order valence-corrected chi connectivity index (χ4v) is 3.18. The molecule has 3 rings (SSSR count). The molecule has 3 aromatic rings. The van der Waals surface area contributed by atoms with Crippen molar-refractivity contribution in [2.75, 3.05) is 25.6 Å². The average molecular weight is 474 g/mol. The van der Waals surface area contributed by atoms with Crippen LogP contribution < -0.4 is 15.4 Å². The Hall–Kier alpha value is -3.33. The lowest BCUT2D eigenvalue weighted by Crippen LogP contribution is -2.35. The molecule has 0 saturated carbocycles. The molecule has 0 aliphatic carbocycles. The van der Waals surface area contributed by atoms with Crippen LogP contribution in [0.2, 0.25) is 0 Å². The van der Waals surface area contributed by atoms with E-state index in [9.17, 15) is 14.4 Å². The number of esters is 1. The Labute approximate surface area is 181 Å². The smallest absolute Gasteiger partial charge is 0.340 e. The molecule has 3 N–H and O–H groups in total. The summed E-state index contributed by atoms with van der Waals surface area (Å²) in [4.78, 5) is 39.3. The Morgan fingerprint density at radius 2 is 1.90 bits per heavy atom. The third-order valence-corrected chi connectivity index (χ3v) is 4.77. The van der Waals surface area contributed by atoms with Gasteiger partial charge in [0.25, 0.3) is 5.91 Å². The molecule has 1 aromatic heterocycles. The van der Waals surface area contributed by atoms with Crippen molar-refractivity contribution in [2.45, 2.75) is 6.92 Å². The second-order valence-corrected chi connectivity index (χ2v) is 7.41. The van der Waals surface area contributed by atoms with E-state index in [1.807, 2.05) is 25.1 Å². The predicted molar refractivity (Wildman–Crippen MR) is 116 cm³/mol. The first kappa shape index (κ1) is 21.4. The lowest BCUT2D eigenvalue weighted by Gasteiger charge is -2.11. The number of H-pyrrole nitrogens is 1. The van der Waals surface area contributed by atoms with Gasteiger partial charge in [0.05, 0.1) is 24.9 Å². The van der Waals surface area contributed by atoms with E-state index in [1.54, 1.807) is 18.2 Å². The molecular weight excluding hydrogens is 454 g/mol. The Morgan fingerprint density at radius 3 is 2.67 bits per heavy atom. The molecule has 0 spiro atoms. The van der Waals surface area contributed by atoms with E-state index in [4.69, 9.17) is 9.47 Å². The highest BCUT2D eigenvalue weighted by molar-refractivity contribution is 9.10. The molecule has 0 unspecified atom stereocenters. The summed E-state index contributed by atoms with van der Waals surface area (Å²) in [5.41, 5.74) is 2.56. The largest absolute Gasteiger partial charge is 0.495 e. The fourth-order valence-electron chi connectivity index (χ4n) is 2.81. The number of aryl methyl sites for hydroxylation is 1. The predicted octanol–water partition coefficient (Wildman–Crippen LogP) is 3.16. The zero-order valence-corrected chi connectivity index (χ0v) is 18.0. The summed E-state index contributed by atoms with van der Waals surface area (Å²) in [7, 11) is 1.50. The van der Waals surface area contributed by atoms with Crippen molar-refractivity contribution in [1.82, 2.24) is 10.3 Å². The standard InChI is InChI=1S/C21H20BrN3O5/c1-12-3-6-18(29-2)17(7-12)25-19(26)10-24-20(27)11-30-21(28)15-9-23-16-5-4-13(22)8-14(15)16/h3-9,23H,10-11H2,1-2H3,(H,24,27)(H,25,26). The minimum atomic E-state index is -0.636. The minimum absolute atomic E-state index is 0.270. The number of rotatable bonds is 7. The summed E-state index contributed by atoms with van der Waals surface area (Å²) < 4.78 is 11.1. The number of carbonyl (C=O) groups is 3. The molecule has 2 aromatic carbocycles. The van der Waals surface area contributed by atoms with Crippen molar-refractivity contribution in [3.05, 3.63) is 58.2 Å². The molecular formula is C21H20BrN3O5. The number of aromatic nitrogens is 1. The maximum Gasteiger partial charge on any atom is 0.340 e. The highest BCUT2D eigenvalue weighted by Gasteiger charge is 2.16. The van der Waals surface area contributed by atoms with E-state index in [1.165, 1.54) is 13.3 Å². The number of hydrogen-bond acceptors (Lipinski definition) is 5. The van der Waals surface area contributed by atoms with Gasteiger partial charge in [0.2, 0.25) is 5.91 Å². The van der Waals surface area contributed by atoms with Gasteiger partial charge in [0.15, 0.2) is 6.61 Å². The number of benzene rings is 2. The molecule has 0 aliphatic rings. The van der Waals surface area contributed by atoms with Crippen LogP contribution in [0.15, 0.2) is 47.1 Å². The van der Waals surface area contributed by atoms with Gasteiger partial charge in [0.1, 0.15) is 5.75 Å². The highest BCUT2D eigenvalue weighted by atomic mass is 79.9. The summed E-state index contributed by atoms with van der Waals surface area (Å²) in [6, 6.07) is 10.8. The molecule has 9 heteroatoms. The number of halogens is 1. The molecule has 156 valence electrons. The number of carbonyl (C=O) groups excluding carboxylic acids is 3. The Morgan fingerprint density at radius 1 is 1.10 bits per heavy atom. The molecule has 0 radical (unpaired) electrons. The Bertz CT molecular complexity index is 1110. The molecule has 1 heterocycles. The van der Waals surface area contributed by atoms with Crippen LogP contribution in [0.4, 0.5) is 5.69 Å². The second kappa shape index (κ2) is 9.45. The van der Waals surface area contributed by atoms with Crippen molar-refractivity contribution in [3.8, 4) is 5.75 Å². The summed E-state index contributed by atoms with van der Waals surface area (Å²) >= 11 is 3.36. The fraction of sp³-hybridized carbons (Fsp3) is 0.190. The molecule has 30 heavy (non-hydrogen) atoms. The van der Waals surface area contributed by atoms with E-state index in [0.717, 1.165) is 15.6 Å². The van der Waals surface area contributed by atoms with E-state index < -0.39 is 24.4 Å². The number of aromatic amines is 1. The number of fused-ring (bicyclic) bond motifs is 1. The van der Waals surface area contributed by atoms with Crippen LogP contribution in [0.5, 0.6) is 5.75 Å². The monoisotopic (exact) mass is 473 g/mol. The van der Waals surface area contributed by atoms with Crippen molar-refractivity contribution in [3.63, 3.8) is 0 Å². The first-order chi connectivity index (χ1) is 14.4. The molecule has 0 saturated heterocycles. The highest BCUT2D eigenvalue weighted by Crippen LogP contribution is 2.25. The zero-order chi connectivity index (χ0) is 21.7. The molecule has 0 fully saturated rings. The normalized spacial score (nSPS) is 10.5. The lowest BCUT2D eigenvalue weighted by atomic mass is 10.2. The van der Waals surface area contributed by atoms with Gasteiger partial charge in [-0.1, -0.05) is 22.0 Å². The molecule has 8 nitrogen and oxygen atoms in total. The van der Waals surface area contributed by atoms with Crippen LogP contribution in [0.1, 0.15) is 15.9 Å². The van der Waals surface area contributed by atoms with Crippen molar-refractivity contribution >= 4 is 50.3 Å². The van der Waals surface area contributed by atoms with Crippen molar-refractivity contribution in [1.29, 1.82) is 0 Å². The number of amides is 2. The van der Waals surface area contributed by atoms with Gasteiger partial charge in [-0.15, -0.1) is 0 Å². The second-order valence-electron chi connectivity index (χ2n) is 6.50. The lowest BCUT2D eigenvalue weighted by molar-refractivity contribution is -0.126. The van der Waals surface area contributed by atoms with E-state index in [2.05, 4.69) is 31.5 Å². The zero-order valence-electron chi connectivity index (χ0n) is 16.4. The third-order valence-electron chi connectivity index (χ3n) is 4.27. The molecule has 2 amide bonds. The molecule has 0 bridgehead atoms. The van der Waals surface area contributed by atoms with Gasteiger partial charge in [-0.2, -0.15) is 0 Å². The van der Waals surface area contributed by atoms with Crippen LogP contribution in [0, 0.1) is 6.92 Å². The maximum atomic E-state index is 12.3. The first-order valence-corrected chi connectivity index (χ1v) is 9.81. The summed E-state index contributed by atoms with van der Waals surface area (Å²) in [6.45, 7) is 1.12. The van der Waals surface area contributed by atoms with Crippen molar-refractivity contribution in [2.24, 2.45) is 0 Å². The quantitative estimate of drug-likeness (QED) is 0.456. The van der Waals surface area contributed by atoms with E-state index >= 15 is 0 Å². The summed E-state index contributed by atoms with van der Waals surface area (Å²) in [6.07, 6.45) is 1.53. The van der Waals surface area contributed by atoms with Crippen molar-refractivity contribution < 1.29 is 23.9 Å². The summed E-state index contributed by atoms with van der Waals surface area (Å²) in [5, 5.41) is 5.77. The molecule has 0 aliphatic heterocycles. The van der Waals surface area contributed by atoms with Gasteiger partial charge >= 0.3 is 5.97 Å². The number of methoxy groups -OCH3 is 1. The number of hydrogen-bond donors (Lipinski definition) is 3. The van der Waals surface area contributed by atoms with Crippen LogP contribution in [0.25, 0.3) is 10.9 Å². The van der Waals surface area contributed by atoms with Gasteiger partial charge in [0, 0.05) is 21.6 Å². The topological polar surface area (TPSA) is 110 Å². The van der Waals surface area contributed by atoms with Gasteiger partial charge in [-0.25, -0.2) is 4.79 Å². The minimum Gasteiger partial charge on any atom is -0.495 e. The summed E-state index contributed by atoms with van der Waals surface area (Å²) in [5.74, 6) is -1.14. The third kappa shape index (κ3) is 5.18. The average Bonchev–Trinajstić information content (AvgIpc) is 3.13. The Balaban J connectivity index is 1.50.